The number of nitriles is 1. The van der Waals surface area contributed by atoms with E-state index in [0.717, 1.165) is 24.2 Å². The number of benzene rings is 1. The molecule has 1 atom stereocenters. The zero-order valence-corrected chi connectivity index (χ0v) is 10.6. The number of rotatable bonds is 6. The van der Waals surface area contributed by atoms with Gasteiger partial charge in [0.05, 0.1) is 12.7 Å². The normalized spacial score (nSPS) is 11.9. The van der Waals surface area contributed by atoms with Crippen molar-refractivity contribution in [3.63, 3.8) is 0 Å². The summed E-state index contributed by atoms with van der Waals surface area (Å²) in [6, 6.07) is 8.36. The smallest absolute Gasteiger partial charge is 0.122 e. The van der Waals surface area contributed by atoms with E-state index in [2.05, 4.69) is 19.1 Å². The lowest BCUT2D eigenvalue weighted by Crippen LogP contribution is -2.18. The minimum atomic E-state index is 0.123. The third-order valence-corrected chi connectivity index (χ3v) is 2.45. The Morgan fingerprint density at radius 1 is 1.47 bits per heavy atom. The molecule has 3 heteroatoms. The number of aryl methyl sites for hydroxylation is 1. The Morgan fingerprint density at radius 2 is 2.24 bits per heavy atom. The van der Waals surface area contributed by atoms with Gasteiger partial charge in [0.2, 0.25) is 0 Å². The summed E-state index contributed by atoms with van der Waals surface area (Å²) in [5.41, 5.74) is 8.18. The highest BCUT2D eigenvalue weighted by Gasteiger charge is 2.06. The summed E-state index contributed by atoms with van der Waals surface area (Å²) in [4.78, 5) is 0. The predicted octanol–water partition coefficient (Wildman–Crippen LogP) is 2.57. The van der Waals surface area contributed by atoms with Gasteiger partial charge in [0, 0.05) is 12.5 Å². The summed E-state index contributed by atoms with van der Waals surface area (Å²) in [5.74, 6) is 0.894. The van der Waals surface area contributed by atoms with Gasteiger partial charge in [-0.05, 0) is 38.3 Å². The number of hydrogen-bond donors (Lipinski definition) is 1. The van der Waals surface area contributed by atoms with Crippen LogP contribution < -0.4 is 10.5 Å². The Morgan fingerprint density at radius 3 is 2.88 bits per heavy atom. The summed E-state index contributed by atoms with van der Waals surface area (Å²) >= 11 is 0. The second kappa shape index (κ2) is 6.93. The molecule has 0 aromatic heterocycles. The fraction of sp³-hybridized carbons (Fsp3) is 0.500. The molecule has 0 saturated carbocycles. The van der Waals surface area contributed by atoms with Gasteiger partial charge in [0.15, 0.2) is 0 Å². The van der Waals surface area contributed by atoms with E-state index in [-0.39, 0.29) is 6.04 Å². The van der Waals surface area contributed by atoms with Gasteiger partial charge in [0.1, 0.15) is 5.75 Å². The standard InChI is InChI=1S/C14H20N2O/c1-11-5-6-14(17-8-4-3-7-15)13(9-11)10-12(2)16/h5-6,9,12H,3-4,8,10,16H2,1-2H3. The monoisotopic (exact) mass is 232 g/mol. The van der Waals surface area contributed by atoms with Crippen molar-refractivity contribution in [2.24, 2.45) is 5.73 Å². The van der Waals surface area contributed by atoms with Crippen LogP contribution in [0.1, 0.15) is 30.9 Å². The third-order valence-electron chi connectivity index (χ3n) is 2.45. The van der Waals surface area contributed by atoms with Crippen LogP contribution in [0, 0.1) is 18.3 Å². The van der Waals surface area contributed by atoms with E-state index in [9.17, 15) is 0 Å². The highest BCUT2D eigenvalue weighted by atomic mass is 16.5. The maximum absolute atomic E-state index is 8.45. The summed E-state index contributed by atoms with van der Waals surface area (Å²) in [7, 11) is 0. The van der Waals surface area contributed by atoms with Crippen LogP contribution in [0.25, 0.3) is 0 Å². The summed E-state index contributed by atoms with van der Waals surface area (Å²) in [6.45, 7) is 4.63. The maximum Gasteiger partial charge on any atom is 0.122 e. The molecule has 0 fully saturated rings. The molecule has 1 aromatic carbocycles. The van der Waals surface area contributed by atoms with Crippen molar-refractivity contribution < 1.29 is 4.74 Å². The third kappa shape index (κ3) is 4.88. The van der Waals surface area contributed by atoms with Gasteiger partial charge in [-0.2, -0.15) is 5.26 Å². The van der Waals surface area contributed by atoms with Crippen LogP contribution in [0.15, 0.2) is 18.2 Å². The van der Waals surface area contributed by atoms with Gasteiger partial charge in [-0.25, -0.2) is 0 Å². The predicted molar refractivity (Wildman–Crippen MR) is 68.9 cm³/mol. The molecule has 17 heavy (non-hydrogen) atoms. The van der Waals surface area contributed by atoms with Gasteiger partial charge < -0.3 is 10.5 Å². The molecule has 1 aromatic rings. The van der Waals surface area contributed by atoms with Crippen molar-refractivity contribution in [2.75, 3.05) is 6.61 Å². The lowest BCUT2D eigenvalue weighted by molar-refractivity contribution is 0.309. The molecule has 0 amide bonds. The fourth-order valence-electron chi connectivity index (χ4n) is 1.69. The lowest BCUT2D eigenvalue weighted by Gasteiger charge is -2.13. The van der Waals surface area contributed by atoms with Crippen LogP contribution in [0.2, 0.25) is 0 Å². The lowest BCUT2D eigenvalue weighted by atomic mass is 10.0. The number of unbranched alkanes of at least 4 members (excludes halogenated alkanes) is 1. The summed E-state index contributed by atoms with van der Waals surface area (Å²) in [6.07, 6.45) is 2.12. The summed E-state index contributed by atoms with van der Waals surface area (Å²) < 4.78 is 5.69. The van der Waals surface area contributed by atoms with Crippen molar-refractivity contribution in [3.8, 4) is 11.8 Å². The minimum Gasteiger partial charge on any atom is -0.493 e. The molecule has 3 nitrogen and oxygen atoms in total. The molecule has 2 N–H and O–H groups in total. The first-order valence-corrected chi connectivity index (χ1v) is 5.98. The van der Waals surface area contributed by atoms with Gasteiger partial charge in [-0.1, -0.05) is 17.7 Å². The second-order valence-electron chi connectivity index (χ2n) is 4.40. The van der Waals surface area contributed by atoms with E-state index in [1.54, 1.807) is 0 Å². The van der Waals surface area contributed by atoms with E-state index in [1.165, 1.54) is 5.56 Å². The zero-order valence-electron chi connectivity index (χ0n) is 10.6. The van der Waals surface area contributed by atoms with Gasteiger partial charge in [-0.15, -0.1) is 0 Å². The molecule has 0 bridgehead atoms. The van der Waals surface area contributed by atoms with Crippen LogP contribution in [0.3, 0.4) is 0 Å². The van der Waals surface area contributed by atoms with Crippen molar-refractivity contribution in [1.29, 1.82) is 5.26 Å². The molecule has 0 saturated heterocycles. The topological polar surface area (TPSA) is 59.0 Å². The maximum atomic E-state index is 8.45. The zero-order chi connectivity index (χ0) is 12.7. The SMILES string of the molecule is Cc1ccc(OCCCC#N)c(CC(C)N)c1. The van der Waals surface area contributed by atoms with Crippen LogP contribution in [0.5, 0.6) is 5.75 Å². The average molecular weight is 232 g/mol. The first-order chi connectivity index (χ1) is 8.13. The molecule has 1 unspecified atom stereocenters. The number of nitrogens with zero attached hydrogens (tertiary/aromatic N) is 1. The second-order valence-corrected chi connectivity index (χ2v) is 4.40. The van der Waals surface area contributed by atoms with E-state index in [4.69, 9.17) is 15.7 Å². The quantitative estimate of drug-likeness (QED) is 0.767. The molecule has 0 radical (unpaired) electrons. The van der Waals surface area contributed by atoms with Gasteiger partial charge >= 0.3 is 0 Å². The Bertz CT molecular complexity index is 394. The molecule has 0 aliphatic rings. The van der Waals surface area contributed by atoms with Crippen LogP contribution >= 0.6 is 0 Å². The van der Waals surface area contributed by atoms with Crippen LogP contribution in [-0.4, -0.2) is 12.6 Å². The van der Waals surface area contributed by atoms with Gasteiger partial charge in [0.25, 0.3) is 0 Å². The van der Waals surface area contributed by atoms with E-state index in [1.807, 2.05) is 19.1 Å². The van der Waals surface area contributed by atoms with Crippen molar-refractivity contribution in [1.82, 2.24) is 0 Å². The highest BCUT2D eigenvalue weighted by molar-refractivity contribution is 5.37. The largest absolute Gasteiger partial charge is 0.493 e. The summed E-state index contributed by atoms with van der Waals surface area (Å²) in [5, 5.41) is 8.45. The molecular formula is C14H20N2O. The first-order valence-electron chi connectivity index (χ1n) is 5.98. The Kier molecular flexibility index (Phi) is 5.51. The molecule has 0 heterocycles. The van der Waals surface area contributed by atoms with E-state index < -0.39 is 0 Å². The Balaban J connectivity index is 2.66. The van der Waals surface area contributed by atoms with Gasteiger partial charge in [-0.3, -0.25) is 0 Å². The molecule has 0 spiro atoms. The Labute approximate surface area is 103 Å². The van der Waals surface area contributed by atoms with Crippen LogP contribution in [0.4, 0.5) is 0 Å². The van der Waals surface area contributed by atoms with Crippen molar-refractivity contribution in [3.05, 3.63) is 29.3 Å². The highest BCUT2D eigenvalue weighted by Crippen LogP contribution is 2.21. The van der Waals surface area contributed by atoms with E-state index in [0.29, 0.717) is 13.0 Å². The van der Waals surface area contributed by atoms with Crippen molar-refractivity contribution >= 4 is 0 Å². The molecule has 92 valence electrons. The number of nitrogens with two attached hydrogens (primary N) is 1. The number of hydrogen-bond acceptors (Lipinski definition) is 3. The fourth-order valence-corrected chi connectivity index (χ4v) is 1.69. The Hall–Kier alpha value is -1.53. The van der Waals surface area contributed by atoms with Crippen molar-refractivity contribution in [2.45, 2.75) is 39.2 Å². The van der Waals surface area contributed by atoms with E-state index >= 15 is 0 Å². The minimum absolute atomic E-state index is 0.123. The average Bonchev–Trinajstić information content (AvgIpc) is 2.26. The molecular weight excluding hydrogens is 212 g/mol. The molecule has 0 aliphatic carbocycles. The number of ether oxygens (including phenoxy) is 1. The van der Waals surface area contributed by atoms with Crippen LogP contribution in [-0.2, 0) is 6.42 Å². The molecule has 0 aliphatic heterocycles. The molecule has 1 rings (SSSR count). The first kappa shape index (κ1) is 13.5.